The lowest BCUT2D eigenvalue weighted by atomic mass is 9.98. The number of aliphatic hydroxyl groups is 1. The summed E-state index contributed by atoms with van der Waals surface area (Å²) in [6.45, 7) is 0.531. The second kappa shape index (κ2) is 7.31. The van der Waals surface area contributed by atoms with Crippen molar-refractivity contribution in [3.8, 4) is 5.75 Å². The van der Waals surface area contributed by atoms with E-state index in [1.54, 1.807) is 35.7 Å². The van der Waals surface area contributed by atoms with Crippen LogP contribution in [-0.2, 0) is 16.0 Å². The van der Waals surface area contributed by atoms with Crippen molar-refractivity contribution in [3.63, 3.8) is 0 Å². The number of carbonyl (C=O) groups is 2. The first kappa shape index (κ1) is 19.4. The van der Waals surface area contributed by atoms with Crippen molar-refractivity contribution < 1.29 is 28.2 Å². The van der Waals surface area contributed by atoms with E-state index >= 15 is 0 Å². The molecule has 1 aromatic heterocycles. The number of ketones is 1. The fraction of sp³-hybridized carbons (Fsp3) is 0.130. The van der Waals surface area contributed by atoms with E-state index in [2.05, 4.69) is 0 Å². The Hall–Kier alpha value is -3.52. The molecular formula is C23H15F2NO4S. The minimum atomic E-state index is -1.04. The van der Waals surface area contributed by atoms with Gasteiger partial charge in [0.25, 0.3) is 11.7 Å². The van der Waals surface area contributed by atoms with E-state index in [0.717, 1.165) is 22.6 Å². The normalized spacial score (nSPS) is 19.5. The Morgan fingerprint density at radius 2 is 1.97 bits per heavy atom. The third kappa shape index (κ3) is 3.11. The maximum absolute atomic E-state index is 14.6. The Bertz CT molecular complexity index is 1250. The number of anilines is 1. The molecule has 1 atom stereocenters. The summed E-state index contributed by atoms with van der Waals surface area (Å²) >= 11 is 1.26. The summed E-state index contributed by atoms with van der Waals surface area (Å²) in [6, 6.07) is 10.2. The van der Waals surface area contributed by atoms with Crippen LogP contribution in [0.3, 0.4) is 0 Å². The van der Waals surface area contributed by atoms with E-state index in [-0.39, 0.29) is 17.0 Å². The number of carbonyl (C=O) groups excluding carboxylic acids is 2. The van der Waals surface area contributed by atoms with Gasteiger partial charge >= 0.3 is 0 Å². The first-order valence-electron chi connectivity index (χ1n) is 9.51. The third-order valence-electron chi connectivity index (χ3n) is 5.39. The van der Waals surface area contributed by atoms with Crippen LogP contribution in [0.2, 0.25) is 0 Å². The third-order valence-corrected chi connectivity index (χ3v) is 6.31. The van der Waals surface area contributed by atoms with E-state index in [1.165, 1.54) is 11.3 Å². The number of thiophene rings is 1. The molecule has 2 aliphatic heterocycles. The Morgan fingerprint density at radius 1 is 1.13 bits per heavy atom. The van der Waals surface area contributed by atoms with Gasteiger partial charge in [0, 0.05) is 22.9 Å². The van der Waals surface area contributed by atoms with Gasteiger partial charge in [-0.1, -0.05) is 6.07 Å². The molecule has 2 aromatic carbocycles. The number of nitrogens with zero attached hydrogens (tertiary/aromatic N) is 1. The largest absolute Gasteiger partial charge is 0.507 e. The highest BCUT2D eigenvalue weighted by Gasteiger charge is 2.48. The van der Waals surface area contributed by atoms with Crippen LogP contribution in [0.1, 0.15) is 22.0 Å². The van der Waals surface area contributed by atoms with Crippen molar-refractivity contribution in [1.29, 1.82) is 0 Å². The molecule has 1 unspecified atom stereocenters. The summed E-state index contributed by atoms with van der Waals surface area (Å²) in [4.78, 5) is 27.5. The number of fused-ring (bicyclic) bond motifs is 1. The van der Waals surface area contributed by atoms with E-state index in [9.17, 15) is 23.5 Å². The van der Waals surface area contributed by atoms with E-state index in [0.29, 0.717) is 35.3 Å². The van der Waals surface area contributed by atoms with Crippen molar-refractivity contribution in [2.75, 3.05) is 11.5 Å². The minimum absolute atomic E-state index is 0.143. The summed E-state index contributed by atoms with van der Waals surface area (Å²) in [5.74, 6) is -3.34. The smallest absolute Gasteiger partial charge is 0.300 e. The van der Waals surface area contributed by atoms with Crippen LogP contribution < -0.4 is 9.64 Å². The first-order valence-corrected chi connectivity index (χ1v) is 10.4. The second-order valence-corrected chi connectivity index (χ2v) is 8.18. The highest BCUT2D eigenvalue weighted by Crippen LogP contribution is 2.44. The molecule has 3 heterocycles. The fourth-order valence-corrected chi connectivity index (χ4v) is 4.79. The molecule has 5 nitrogen and oxygen atoms in total. The van der Waals surface area contributed by atoms with E-state index in [1.807, 2.05) is 0 Å². The molecule has 1 fully saturated rings. The molecule has 2 aliphatic rings. The number of halogens is 2. The van der Waals surface area contributed by atoms with Gasteiger partial charge in [-0.2, -0.15) is 0 Å². The summed E-state index contributed by atoms with van der Waals surface area (Å²) in [5, 5.41) is 12.8. The molecule has 8 heteroatoms. The van der Waals surface area contributed by atoms with Gasteiger partial charge in [-0.05, 0) is 47.3 Å². The molecule has 0 bridgehead atoms. The highest BCUT2D eigenvalue weighted by atomic mass is 32.1. The van der Waals surface area contributed by atoms with Crippen LogP contribution in [0.4, 0.5) is 14.5 Å². The predicted molar refractivity (Wildman–Crippen MR) is 111 cm³/mol. The van der Waals surface area contributed by atoms with Gasteiger partial charge in [-0.25, -0.2) is 8.78 Å². The summed E-state index contributed by atoms with van der Waals surface area (Å²) < 4.78 is 33.5. The zero-order chi connectivity index (χ0) is 21.7. The van der Waals surface area contributed by atoms with Crippen LogP contribution in [0.5, 0.6) is 5.75 Å². The average molecular weight is 439 g/mol. The molecule has 5 rings (SSSR count). The molecule has 0 radical (unpaired) electrons. The van der Waals surface area contributed by atoms with Gasteiger partial charge < -0.3 is 9.84 Å². The van der Waals surface area contributed by atoms with Gasteiger partial charge in [-0.3, -0.25) is 14.5 Å². The van der Waals surface area contributed by atoms with Gasteiger partial charge in [0.05, 0.1) is 17.9 Å². The number of hydrogen-bond acceptors (Lipinski definition) is 5. The van der Waals surface area contributed by atoms with Crippen LogP contribution in [0.15, 0.2) is 59.5 Å². The van der Waals surface area contributed by atoms with Crippen molar-refractivity contribution in [2.45, 2.75) is 12.5 Å². The molecule has 1 N–H and O–H groups in total. The number of benzene rings is 2. The number of ether oxygens (including phenoxy) is 1. The molecule has 0 spiro atoms. The van der Waals surface area contributed by atoms with Crippen molar-refractivity contribution in [3.05, 3.63) is 87.1 Å². The van der Waals surface area contributed by atoms with E-state index < -0.39 is 29.4 Å². The topological polar surface area (TPSA) is 66.8 Å². The van der Waals surface area contributed by atoms with Crippen molar-refractivity contribution in [2.24, 2.45) is 0 Å². The second-order valence-electron chi connectivity index (χ2n) is 7.20. The molecule has 3 aromatic rings. The van der Waals surface area contributed by atoms with Crippen LogP contribution in [-0.4, -0.2) is 23.4 Å². The number of rotatable bonds is 3. The zero-order valence-electron chi connectivity index (χ0n) is 16.0. The zero-order valence-corrected chi connectivity index (χ0v) is 16.8. The van der Waals surface area contributed by atoms with E-state index in [4.69, 9.17) is 4.74 Å². The molecule has 31 heavy (non-hydrogen) atoms. The Morgan fingerprint density at radius 3 is 2.71 bits per heavy atom. The van der Waals surface area contributed by atoms with Gasteiger partial charge in [0.1, 0.15) is 29.2 Å². The quantitative estimate of drug-likeness (QED) is 0.368. The Balaban J connectivity index is 1.70. The molecule has 1 amide bonds. The maximum Gasteiger partial charge on any atom is 0.300 e. The first-order chi connectivity index (χ1) is 15.0. The average Bonchev–Trinajstić information content (AvgIpc) is 3.48. The Kier molecular flexibility index (Phi) is 4.59. The van der Waals surface area contributed by atoms with Crippen LogP contribution in [0.25, 0.3) is 5.76 Å². The predicted octanol–water partition coefficient (Wildman–Crippen LogP) is 4.59. The van der Waals surface area contributed by atoms with Crippen molar-refractivity contribution in [1.82, 2.24) is 0 Å². The SMILES string of the molecule is O=C1C(=O)N(c2ccc(F)cc2F)C(c2cccs2)/C1=C(/O)c1ccc2c(c1)CCO2. The van der Waals surface area contributed by atoms with Crippen molar-refractivity contribution >= 4 is 34.5 Å². The van der Waals surface area contributed by atoms with Gasteiger partial charge in [0.15, 0.2) is 0 Å². The molecule has 0 saturated carbocycles. The summed E-state index contributed by atoms with van der Waals surface area (Å²) in [6.07, 6.45) is 0.667. The monoisotopic (exact) mass is 439 g/mol. The number of hydrogen-bond donors (Lipinski definition) is 1. The molecule has 156 valence electrons. The number of amides is 1. The molecule has 0 aliphatic carbocycles. The summed E-state index contributed by atoms with van der Waals surface area (Å²) in [7, 11) is 0. The highest BCUT2D eigenvalue weighted by molar-refractivity contribution is 7.10. The molecular weight excluding hydrogens is 424 g/mol. The molecule has 1 saturated heterocycles. The number of Topliss-reactive ketones (excluding diaryl/α,β-unsaturated/α-hetero) is 1. The van der Waals surface area contributed by atoms with Gasteiger partial charge in [-0.15, -0.1) is 11.3 Å². The minimum Gasteiger partial charge on any atom is -0.507 e. The summed E-state index contributed by atoms with van der Waals surface area (Å²) in [5.41, 5.74) is 0.872. The lowest BCUT2D eigenvalue weighted by molar-refractivity contribution is -0.132. The van der Waals surface area contributed by atoms with Crippen LogP contribution in [0, 0.1) is 11.6 Å². The lowest BCUT2D eigenvalue weighted by Gasteiger charge is -2.24. The maximum atomic E-state index is 14.6. The van der Waals surface area contributed by atoms with Crippen LogP contribution >= 0.6 is 11.3 Å². The fourth-order valence-electron chi connectivity index (χ4n) is 3.96. The Labute approximate surface area is 179 Å². The standard InChI is InChI=1S/C23H15F2NO4S/c24-14-4-5-16(15(25)11-14)26-20(18-2-1-9-31-18)19(22(28)23(26)29)21(27)13-3-6-17-12(10-13)7-8-30-17/h1-6,9-11,20,27H,7-8H2/b21-19-. The van der Waals surface area contributed by atoms with Gasteiger partial charge in [0.2, 0.25) is 0 Å². The lowest BCUT2D eigenvalue weighted by Crippen LogP contribution is -2.30. The number of aliphatic hydroxyl groups excluding tert-OH is 1.